The largest absolute Gasteiger partial charge is 0.477 e. The van der Waals surface area contributed by atoms with Crippen molar-refractivity contribution in [2.75, 3.05) is 0 Å². The average molecular weight is 255 g/mol. The highest BCUT2D eigenvalue weighted by Gasteiger charge is 2.33. The third kappa shape index (κ3) is 2.31. The van der Waals surface area contributed by atoms with E-state index in [0.717, 1.165) is 0 Å². The molecule has 1 atom stereocenters. The van der Waals surface area contributed by atoms with Crippen LogP contribution < -0.4 is 0 Å². The van der Waals surface area contributed by atoms with Gasteiger partial charge in [0.15, 0.2) is 5.54 Å². The molecule has 17 heavy (non-hydrogen) atoms. The SMILES string of the molecule is CCC1(c2cccc(C(=O)O)n2)C=NN=N1.Cl. The first-order valence-corrected chi connectivity index (χ1v) is 4.85. The number of hydrogen-bond donors (Lipinski definition) is 1. The number of halogens is 1. The number of rotatable bonds is 3. The van der Waals surface area contributed by atoms with Gasteiger partial charge in [0.1, 0.15) is 5.69 Å². The van der Waals surface area contributed by atoms with Gasteiger partial charge in [0.05, 0.1) is 11.9 Å². The molecule has 0 aliphatic carbocycles. The molecule has 0 saturated heterocycles. The molecule has 0 fully saturated rings. The molecule has 2 heterocycles. The monoisotopic (exact) mass is 254 g/mol. The zero-order valence-corrected chi connectivity index (χ0v) is 9.89. The number of aromatic carboxylic acids is 1. The second kappa shape index (κ2) is 5.01. The van der Waals surface area contributed by atoms with Crippen LogP contribution in [-0.2, 0) is 5.54 Å². The molecule has 1 N–H and O–H groups in total. The molecule has 1 unspecified atom stereocenters. The Hall–Kier alpha value is -1.82. The highest BCUT2D eigenvalue weighted by molar-refractivity contribution is 5.86. The maximum Gasteiger partial charge on any atom is 0.354 e. The number of nitrogens with zero attached hydrogens (tertiary/aromatic N) is 4. The summed E-state index contributed by atoms with van der Waals surface area (Å²) in [6.45, 7) is 1.92. The van der Waals surface area contributed by atoms with E-state index in [0.29, 0.717) is 12.1 Å². The van der Waals surface area contributed by atoms with Crippen LogP contribution in [0.2, 0.25) is 0 Å². The fourth-order valence-electron chi connectivity index (χ4n) is 1.51. The average Bonchev–Trinajstić information content (AvgIpc) is 2.79. The molecule has 0 bridgehead atoms. The van der Waals surface area contributed by atoms with E-state index in [1.54, 1.807) is 18.3 Å². The zero-order valence-electron chi connectivity index (χ0n) is 9.07. The Balaban J connectivity index is 0.00000144. The summed E-state index contributed by atoms with van der Waals surface area (Å²) in [6, 6.07) is 4.82. The molecular weight excluding hydrogens is 244 g/mol. The van der Waals surface area contributed by atoms with Crippen LogP contribution in [-0.4, -0.2) is 22.3 Å². The van der Waals surface area contributed by atoms with Gasteiger partial charge in [0, 0.05) is 0 Å². The van der Waals surface area contributed by atoms with Crippen molar-refractivity contribution in [3.8, 4) is 0 Å². The predicted octanol–water partition coefficient (Wildman–Crippen LogP) is 2.26. The minimum Gasteiger partial charge on any atom is -0.477 e. The molecule has 1 aliphatic rings. The van der Waals surface area contributed by atoms with E-state index in [4.69, 9.17) is 5.11 Å². The standard InChI is InChI=1S/C10H10N4O2.ClH/c1-2-10(6-11-14-13-10)8-5-3-4-7(12-8)9(15)16;/h3-6H,2H2,1H3,(H,15,16);1H. The first-order chi connectivity index (χ1) is 7.68. The first-order valence-electron chi connectivity index (χ1n) is 4.85. The van der Waals surface area contributed by atoms with Gasteiger partial charge in [-0.3, -0.25) is 0 Å². The molecule has 1 aliphatic heterocycles. The van der Waals surface area contributed by atoms with Gasteiger partial charge in [-0.05, 0) is 23.8 Å². The van der Waals surface area contributed by atoms with Crippen LogP contribution in [0.25, 0.3) is 0 Å². The highest BCUT2D eigenvalue weighted by Crippen LogP contribution is 2.29. The molecule has 1 aromatic heterocycles. The van der Waals surface area contributed by atoms with Crippen molar-refractivity contribution in [3.05, 3.63) is 29.6 Å². The summed E-state index contributed by atoms with van der Waals surface area (Å²) in [4.78, 5) is 14.9. The van der Waals surface area contributed by atoms with Crippen LogP contribution in [0.15, 0.2) is 33.6 Å². The maximum absolute atomic E-state index is 10.8. The molecule has 0 aromatic carbocycles. The Morgan fingerprint density at radius 3 is 2.76 bits per heavy atom. The first kappa shape index (κ1) is 13.2. The van der Waals surface area contributed by atoms with Crippen LogP contribution in [0.3, 0.4) is 0 Å². The molecule has 7 heteroatoms. The van der Waals surface area contributed by atoms with Gasteiger partial charge in [-0.1, -0.05) is 13.0 Å². The Bertz CT molecular complexity index is 475. The minimum absolute atomic E-state index is 0. The lowest BCUT2D eigenvalue weighted by Crippen LogP contribution is -2.24. The van der Waals surface area contributed by atoms with Gasteiger partial charge in [-0.2, -0.15) is 0 Å². The third-order valence-electron chi connectivity index (χ3n) is 2.50. The van der Waals surface area contributed by atoms with Crippen LogP contribution in [0.1, 0.15) is 29.5 Å². The van der Waals surface area contributed by atoms with E-state index in [1.165, 1.54) is 6.07 Å². The summed E-state index contributed by atoms with van der Waals surface area (Å²) in [5, 5.41) is 20.1. The fourth-order valence-corrected chi connectivity index (χ4v) is 1.51. The highest BCUT2D eigenvalue weighted by atomic mass is 35.5. The second-order valence-corrected chi connectivity index (χ2v) is 3.43. The third-order valence-corrected chi connectivity index (χ3v) is 2.50. The lowest BCUT2D eigenvalue weighted by Gasteiger charge is -2.18. The molecule has 0 radical (unpaired) electrons. The number of aromatic nitrogens is 1. The molecule has 0 saturated carbocycles. The Kier molecular flexibility index (Phi) is 3.90. The quantitative estimate of drug-likeness (QED) is 0.897. The van der Waals surface area contributed by atoms with Crippen LogP contribution in [0.4, 0.5) is 0 Å². The summed E-state index contributed by atoms with van der Waals surface area (Å²) in [5.74, 6) is -1.06. The van der Waals surface area contributed by atoms with Crippen LogP contribution in [0.5, 0.6) is 0 Å². The predicted molar refractivity (Wildman–Crippen MR) is 63.8 cm³/mol. The fraction of sp³-hybridized carbons (Fsp3) is 0.300. The molecule has 0 amide bonds. The molecule has 90 valence electrons. The van der Waals surface area contributed by atoms with E-state index < -0.39 is 11.5 Å². The maximum atomic E-state index is 10.8. The van der Waals surface area contributed by atoms with E-state index in [-0.39, 0.29) is 18.1 Å². The topological polar surface area (TPSA) is 87.3 Å². The van der Waals surface area contributed by atoms with Crippen molar-refractivity contribution in [1.29, 1.82) is 0 Å². The van der Waals surface area contributed by atoms with E-state index >= 15 is 0 Å². The summed E-state index contributed by atoms with van der Waals surface area (Å²) < 4.78 is 0. The summed E-state index contributed by atoms with van der Waals surface area (Å²) >= 11 is 0. The van der Waals surface area contributed by atoms with Gasteiger partial charge in [-0.15, -0.1) is 22.6 Å². The summed E-state index contributed by atoms with van der Waals surface area (Å²) in [6.07, 6.45) is 2.22. The lowest BCUT2D eigenvalue weighted by molar-refractivity contribution is 0.0690. The van der Waals surface area contributed by atoms with Crippen molar-refractivity contribution in [2.45, 2.75) is 18.9 Å². The Morgan fingerprint density at radius 1 is 1.47 bits per heavy atom. The smallest absolute Gasteiger partial charge is 0.354 e. The van der Waals surface area contributed by atoms with Crippen molar-refractivity contribution in [1.82, 2.24) is 4.98 Å². The van der Waals surface area contributed by atoms with Gasteiger partial charge >= 0.3 is 5.97 Å². The lowest BCUT2D eigenvalue weighted by atomic mass is 9.94. The summed E-state index contributed by atoms with van der Waals surface area (Å²) in [5.41, 5.74) is -0.147. The van der Waals surface area contributed by atoms with Crippen molar-refractivity contribution >= 4 is 24.6 Å². The van der Waals surface area contributed by atoms with Gasteiger partial charge in [0.2, 0.25) is 0 Å². The summed E-state index contributed by atoms with van der Waals surface area (Å²) in [7, 11) is 0. The molecular formula is C10H11ClN4O2. The zero-order chi connectivity index (χ0) is 11.6. The van der Waals surface area contributed by atoms with Gasteiger partial charge in [-0.25, -0.2) is 9.78 Å². The molecule has 2 rings (SSSR count). The number of carbonyl (C=O) groups is 1. The number of pyridine rings is 1. The Labute approximate surface area is 104 Å². The van der Waals surface area contributed by atoms with E-state index in [1.807, 2.05) is 6.92 Å². The molecule has 6 nitrogen and oxygen atoms in total. The van der Waals surface area contributed by atoms with Crippen molar-refractivity contribution in [2.24, 2.45) is 15.4 Å². The molecule has 1 aromatic rings. The van der Waals surface area contributed by atoms with Crippen molar-refractivity contribution < 1.29 is 9.90 Å². The van der Waals surface area contributed by atoms with Crippen molar-refractivity contribution in [3.63, 3.8) is 0 Å². The van der Waals surface area contributed by atoms with Crippen LogP contribution in [0, 0.1) is 0 Å². The molecule has 0 spiro atoms. The van der Waals surface area contributed by atoms with Gasteiger partial charge < -0.3 is 5.11 Å². The number of hydrogen-bond acceptors (Lipinski definition) is 5. The van der Waals surface area contributed by atoms with Gasteiger partial charge in [0.25, 0.3) is 0 Å². The Morgan fingerprint density at radius 2 is 2.24 bits per heavy atom. The number of carboxylic acids is 1. The second-order valence-electron chi connectivity index (χ2n) is 3.43. The normalized spacial score (nSPS) is 21.2. The number of carboxylic acid groups (broad SMARTS) is 1. The van der Waals surface area contributed by atoms with E-state index in [9.17, 15) is 4.79 Å². The van der Waals surface area contributed by atoms with E-state index in [2.05, 4.69) is 20.4 Å². The van der Waals surface area contributed by atoms with Crippen LogP contribution >= 0.6 is 12.4 Å². The minimum atomic E-state index is -1.06.